The summed E-state index contributed by atoms with van der Waals surface area (Å²) in [7, 11) is 2.35. The fourth-order valence-electron chi connectivity index (χ4n) is 3.33. The highest BCUT2D eigenvalue weighted by molar-refractivity contribution is 8.08. The predicted molar refractivity (Wildman–Crippen MR) is 97.3 cm³/mol. The molecule has 1 heterocycles. The van der Waals surface area contributed by atoms with E-state index in [9.17, 15) is 19.2 Å². The largest absolute Gasteiger partial charge is 0.467 e. The average Bonchev–Trinajstić information content (AvgIpc) is 2.49. The molecule has 0 bridgehead atoms. The lowest BCUT2D eigenvalue weighted by molar-refractivity contribution is -0.154. The van der Waals surface area contributed by atoms with Crippen molar-refractivity contribution in [2.75, 3.05) is 14.2 Å². The quantitative estimate of drug-likeness (QED) is 0.315. The maximum absolute atomic E-state index is 13.0. The third-order valence-corrected chi connectivity index (χ3v) is 5.87. The molecule has 142 valence electrons. The van der Waals surface area contributed by atoms with Crippen LogP contribution in [0.1, 0.15) is 41.5 Å². The number of thioether (sulfide) groups is 1. The Kier molecular flexibility index (Phi) is 4.77. The van der Waals surface area contributed by atoms with Crippen molar-refractivity contribution in [3.8, 4) is 0 Å². The Labute approximate surface area is 157 Å². The molecule has 6 nitrogen and oxygen atoms in total. The normalized spacial score (nSPS) is 19.8. The van der Waals surface area contributed by atoms with Crippen molar-refractivity contribution in [1.82, 2.24) is 0 Å². The molecule has 1 aliphatic heterocycles. The van der Waals surface area contributed by atoms with Crippen LogP contribution in [-0.4, -0.2) is 42.5 Å². The molecule has 0 aromatic rings. The molecule has 1 fully saturated rings. The highest BCUT2D eigenvalue weighted by Crippen LogP contribution is 2.63. The van der Waals surface area contributed by atoms with E-state index >= 15 is 0 Å². The SMILES string of the molecule is COC(=O)C1(C(=O)OC)SC2=C(C(C)(C)C)C(=O)C(=O)C(C(C)(C)C)=C21. The number of fused-ring (bicyclic) bond motifs is 1. The van der Waals surface area contributed by atoms with E-state index in [1.54, 1.807) is 20.8 Å². The molecule has 0 amide bonds. The Morgan fingerprint density at radius 1 is 0.808 bits per heavy atom. The van der Waals surface area contributed by atoms with E-state index < -0.39 is 39.1 Å². The smallest absolute Gasteiger partial charge is 0.338 e. The van der Waals surface area contributed by atoms with Crippen molar-refractivity contribution in [2.45, 2.75) is 46.3 Å². The summed E-state index contributed by atoms with van der Waals surface area (Å²) in [6, 6.07) is 0. The number of hydrogen-bond donors (Lipinski definition) is 0. The lowest BCUT2D eigenvalue weighted by Gasteiger charge is -2.48. The van der Waals surface area contributed by atoms with Crippen molar-refractivity contribution in [3.05, 3.63) is 21.6 Å². The van der Waals surface area contributed by atoms with E-state index in [4.69, 9.17) is 9.47 Å². The van der Waals surface area contributed by atoms with Crippen molar-refractivity contribution in [1.29, 1.82) is 0 Å². The summed E-state index contributed by atoms with van der Waals surface area (Å²) in [5.74, 6) is -2.90. The molecular formula is C19H24O6S. The first-order valence-corrected chi connectivity index (χ1v) is 9.02. The fraction of sp³-hybridized carbons (Fsp3) is 0.579. The van der Waals surface area contributed by atoms with E-state index in [1.165, 1.54) is 14.2 Å². The fourth-order valence-corrected chi connectivity index (χ4v) is 4.98. The zero-order chi connectivity index (χ0) is 20.2. The van der Waals surface area contributed by atoms with Gasteiger partial charge in [-0.25, -0.2) is 9.59 Å². The second-order valence-electron chi connectivity index (χ2n) is 8.38. The molecule has 0 unspecified atom stereocenters. The van der Waals surface area contributed by atoms with E-state index in [0.717, 1.165) is 11.8 Å². The summed E-state index contributed by atoms with van der Waals surface area (Å²) in [5.41, 5.74) is -0.630. The number of esters is 2. The molecule has 1 saturated heterocycles. The van der Waals surface area contributed by atoms with Crippen LogP contribution < -0.4 is 0 Å². The van der Waals surface area contributed by atoms with Crippen molar-refractivity contribution in [2.24, 2.45) is 10.8 Å². The second-order valence-corrected chi connectivity index (χ2v) is 9.60. The zero-order valence-corrected chi connectivity index (χ0v) is 17.2. The third kappa shape index (κ3) is 2.64. The van der Waals surface area contributed by atoms with Gasteiger partial charge < -0.3 is 9.47 Å². The van der Waals surface area contributed by atoms with Crippen LogP contribution in [-0.2, 0) is 28.7 Å². The van der Waals surface area contributed by atoms with Gasteiger partial charge in [0.25, 0.3) is 0 Å². The van der Waals surface area contributed by atoms with Gasteiger partial charge >= 0.3 is 11.9 Å². The van der Waals surface area contributed by atoms with Gasteiger partial charge in [0, 0.05) is 21.6 Å². The minimum Gasteiger partial charge on any atom is -0.467 e. The van der Waals surface area contributed by atoms with Gasteiger partial charge in [0.15, 0.2) is 0 Å². The van der Waals surface area contributed by atoms with E-state index in [1.807, 2.05) is 20.8 Å². The summed E-state index contributed by atoms with van der Waals surface area (Å²) >= 11 is 0.931. The van der Waals surface area contributed by atoms with Crippen molar-refractivity contribution < 1.29 is 28.7 Å². The van der Waals surface area contributed by atoms with Gasteiger partial charge in [0.05, 0.1) is 14.2 Å². The Morgan fingerprint density at radius 3 is 1.54 bits per heavy atom. The van der Waals surface area contributed by atoms with Crippen LogP contribution in [0.25, 0.3) is 0 Å². The molecule has 1 aliphatic carbocycles. The van der Waals surface area contributed by atoms with E-state index in [0.29, 0.717) is 10.5 Å². The van der Waals surface area contributed by atoms with Crippen LogP contribution in [0.4, 0.5) is 0 Å². The highest BCUT2D eigenvalue weighted by atomic mass is 32.2. The monoisotopic (exact) mass is 380 g/mol. The number of ketones is 2. The van der Waals surface area contributed by atoms with Gasteiger partial charge in [0.2, 0.25) is 16.3 Å². The molecule has 7 heteroatoms. The Bertz CT molecular complexity index is 770. The topological polar surface area (TPSA) is 86.7 Å². The molecule has 0 aromatic carbocycles. The van der Waals surface area contributed by atoms with Gasteiger partial charge in [-0.05, 0) is 10.8 Å². The van der Waals surface area contributed by atoms with Gasteiger partial charge in [-0.3, -0.25) is 9.59 Å². The van der Waals surface area contributed by atoms with E-state index in [-0.39, 0.29) is 11.1 Å². The Morgan fingerprint density at radius 2 is 1.19 bits per heavy atom. The summed E-state index contributed by atoms with van der Waals surface area (Å²) in [6.45, 7) is 10.7. The number of hydrogen-bond acceptors (Lipinski definition) is 7. The van der Waals surface area contributed by atoms with Gasteiger partial charge in [-0.15, -0.1) is 0 Å². The third-order valence-electron chi connectivity index (χ3n) is 4.42. The number of Topliss-reactive ketones (excluding diaryl/α,β-unsaturated/α-hetero) is 2. The summed E-state index contributed by atoms with van der Waals surface area (Å²) in [6.07, 6.45) is 0. The molecule has 0 atom stereocenters. The van der Waals surface area contributed by atoms with E-state index in [2.05, 4.69) is 0 Å². The number of carbonyl (C=O) groups is 4. The molecule has 0 radical (unpaired) electrons. The Balaban J connectivity index is 2.95. The van der Waals surface area contributed by atoms with Crippen LogP contribution in [0.3, 0.4) is 0 Å². The minimum atomic E-state index is -1.78. The van der Waals surface area contributed by atoms with Gasteiger partial charge in [-0.2, -0.15) is 0 Å². The summed E-state index contributed by atoms with van der Waals surface area (Å²) in [5, 5.41) is 0. The van der Waals surface area contributed by atoms with Crippen LogP contribution in [0.5, 0.6) is 0 Å². The highest BCUT2D eigenvalue weighted by Gasteiger charge is 2.67. The number of allylic oxidation sites excluding steroid dienone is 3. The average molecular weight is 380 g/mol. The first kappa shape index (κ1) is 20.4. The second kappa shape index (κ2) is 6.08. The van der Waals surface area contributed by atoms with Crippen LogP contribution in [0.2, 0.25) is 0 Å². The minimum absolute atomic E-state index is 0.167. The first-order valence-electron chi connectivity index (χ1n) is 8.20. The molecular weight excluding hydrogens is 356 g/mol. The summed E-state index contributed by atoms with van der Waals surface area (Å²) in [4.78, 5) is 51.5. The Hall–Kier alpha value is -1.89. The van der Waals surface area contributed by atoms with Crippen LogP contribution in [0, 0.1) is 10.8 Å². The number of methoxy groups -OCH3 is 2. The number of carbonyl (C=O) groups excluding carboxylic acids is 4. The lowest BCUT2D eigenvalue weighted by atomic mass is 9.68. The molecule has 0 saturated carbocycles. The maximum Gasteiger partial charge on any atom is 0.338 e. The molecule has 2 rings (SSSR count). The number of ether oxygens (including phenoxy) is 2. The molecule has 26 heavy (non-hydrogen) atoms. The standard InChI is InChI=1S/C19H24O6S/c1-17(2,3)9-10-14(11(18(4,5)6)13(21)12(9)20)26-19(10,15(22)24-7)16(23)25-8/h1-8H3. The van der Waals surface area contributed by atoms with Crippen LogP contribution in [0.15, 0.2) is 21.6 Å². The summed E-state index contributed by atoms with van der Waals surface area (Å²) < 4.78 is 7.94. The van der Waals surface area contributed by atoms with Gasteiger partial charge in [-0.1, -0.05) is 53.3 Å². The lowest BCUT2D eigenvalue weighted by Crippen LogP contribution is -2.57. The molecule has 0 spiro atoms. The predicted octanol–water partition coefficient (Wildman–Crippen LogP) is 2.61. The first-order chi connectivity index (χ1) is 11.7. The van der Waals surface area contributed by atoms with Crippen molar-refractivity contribution in [3.63, 3.8) is 0 Å². The van der Waals surface area contributed by atoms with Crippen LogP contribution >= 0.6 is 11.8 Å². The zero-order valence-electron chi connectivity index (χ0n) is 16.4. The molecule has 0 N–H and O–H groups in total. The van der Waals surface area contributed by atoms with Crippen molar-refractivity contribution >= 4 is 35.3 Å². The molecule has 0 aromatic heterocycles. The molecule has 2 aliphatic rings. The van der Waals surface area contributed by atoms with Gasteiger partial charge in [0.1, 0.15) is 0 Å². The maximum atomic E-state index is 13.0. The number of rotatable bonds is 2.